The molecule has 0 saturated heterocycles. The standard InChI is InChI=1S/C16H25NO2S/c1-11(17-13-6-4-5-7-14(13)18)12-8-9-16(20-3)15(10-12)19-2/h8-11,13-14,17-18H,4-7H2,1-3H3. The van der Waals surface area contributed by atoms with Crippen molar-refractivity contribution in [2.45, 2.75) is 55.7 Å². The van der Waals surface area contributed by atoms with Gasteiger partial charge in [0.25, 0.3) is 0 Å². The molecule has 3 nitrogen and oxygen atoms in total. The van der Waals surface area contributed by atoms with Gasteiger partial charge in [0.1, 0.15) is 5.75 Å². The van der Waals surface area contributed by atoms with E-state index in [0.29, 0.717) is 0 Å². The van der Waals surface area contributed by atoms with Gasteiger partial charge in [0.2, 0.25) is 0 Å². The van der Waals surface area contributed by atoms with Crippen LogP contribution in [-0.4, -0.2) is 30.6 Å². The summed E-state index contributed by atoms with van der Waals surface area (Å²) < 4.78 is 5.44. The predicted molar refractivity (Wildman–Crippen MR) is 84.6 cm³/mol. The predicted octanol–water partition coefficient (Wildman–Crippen LogP) is 3.37. The van der Waals surface area contributed by atoms with E-state index in [0.717, 1.165) is 29.9 Å². The first kappa shape index (κ1) is 15.7. The Kier molecular flexibility index (Phi) is 5.75. The van der Waals surface area contributed by atoms with Gasteiger partial charge in [-0.1, -0.05) is 18.9 Å². The van der Waals surface area contributed by atoms with Gasteiger partial charge >= 0.3 is 0 Å². The van der Waals surface area contributed by atoms with Crippen molar-refractivity contribution in [2.75, 3.05) is 13.4 Å². The summed E-state index contributed by atoms with van der Waals surface area (Å²) in [4.78, 5) is 1.15. The lowest BCUT2D eigenvalue weighted by molar-refractivity contribution is 0.0859. The summed E-state index contributed by atoms with van der Waals surface area (Å²) in [5, 5.41) is 13.6. The van der Waals surface area contributed by atoms with E-state index in [-0.39, 0.29) is 18.2 Å². The lowest BCUT2D eigenvalue weighted by Crippen LogP contribution is -2.43. The number of nitrogens with one attached hydrogen (secondary N) is 1. The smallest absolute Gasteiger partial charge is 0.132 e. The zero-order chi connectivity index (χ0) is 14.5. The van der Waals surface area contributed by atoms with E-state index in [2.05, 4.69) is 36.7 Å². The highest BCUT2D eigenvalue weighted by atomic mass is 32.2. The number of hydrogen-bond donors (Lipinski definition) is 2. The van der Waals surface area contributed by atoms with Gasteiger partial charge < -0.3 is 15.2 Å². The van der Waals surface area contributed by atoms with Crippen molar-refractivity contribution in [3.8, 4) is 5.75 Å². The fourth-order valence-electron chi connectivity index (χ4n) is 2.85. The first-order valence-corrected chi connectivity index (χ1v) is 8.54. The molecule has 0 aliphatic heterocycles. The molecule has 1 aliphatic carbocycles. The van der Waals surface area contributed by atoms with Crippen molar-refractivity contribution >= 4 is 11.8 Å². The van der Waals surface area contributed by atoms with Crippen molar-refractivity contribution < 1.29 is 9.84 Å². The fraction of sp³-hybridized carbons (Fsp3) is 0.625. The number of thioether (sulfide) groups is 1. The second-order valence-electron chi connectivity index (χ2n) is 5.46. The van der Waals surface area contributed by atoms with Crippen molar-refractivity contribution in [1.82, 2.24) is 5.32 Å². The van der Waals surface area contributed by atoms with Crippen LogP contribution in [-0.2, 0) is 0 Å². The number of aliphatic hydroxyl groups is 1. The topological polar surface area (TPSA) is 41.5 Å². The molecule has 4 heteroatoms. The summed E-state index contributed by atoms with van der Waals surface area (Å²) in [6.07, 6.45) is 6.17. The third kappa shape index (κ3) is 3.68. The quantitative estimate of drug-likeness (QED) is 0.817. The maximum absolute atomic E-state index is 10.1. The van der Waals surface area contributed by atoms with E-state index >= 15 is 0 Å². The van der Waals surface area contributed by atoms with Crippen molar-refractivity contribution in [1.29, 1.82) is 0 Å². The Labute approximate surface area is 126 Å². The van der Waals surface area contributed by atoms with Crippen LogP contribution in [0.5, 0.6) is 5.75 Å². The average molecular weight is 295 g/mol. The maximum Gasteiger partial charge on any atom is 0.132 e. The molecule has 1 fully saturated rings. The highest BCUT2D eigenvalue weighted by molar-refractivity contribution is 7.98. The van der Waals surface area contributed by atoms with Crippen LogP contribution in [0.2, 0.25) is 0 Å². The Morgan fingerprint density at radius 1 is 1.35 bits per heavy atom. The van der Waals surface area contributed by atoms with Crippen LogP contribution in [0.3, 0.4) is 0 Å². The van der Waals surface area contributed by atoms with E-state index in [9.17, 15) is 5.11 Å². The lowest BCUT2D eigenvalue weighted by atomic mass is 9.91. The molecular weight excluding hydrogens is 270 g/mol. The minimum absolute atomic E-state index is 0.210. The highest BCUT2D eigenvalue weighted by Gasteiger charge is 2.24. The molecule has 2 rings (SSSR count). The van der Waals surface area contributed by atoms with Crippen LogP contribution in [0.1, 0.15) is 44.2 Å². The van der Waals surface area contributed by atoms with Crippen molar-refractivity contribution in [3.63, 3.8) is 0 Å². The number of hydrogen-bond acceptors (Lipinski definition) is 4. The van der Waals surface area contributed by atoms with Gasteiger partial charge in [-0.2, -0.15) is 0 Å². The van der Waals surface area contributed by atoms with E-state index in [1.165, 1.54) is 12.0 Å². The summed E-state index contributed by atoms with van der Waals surface area (Å²) in [6.45, 7) is 2.15. The molecule has 0 heterocycles. The molecule has 1 aromatic carbocycles. The van der Waals surface area contributed by atoms with Crippen LogP contribution < -0.4 is 10.1 Å². The van der Waals surface area contributed by atoms with Gasteiger partial charge in [0.15, 0.2) is 0 Å². The number of methoxy groups -OCH3 is 1. The molecule has 0 radical (unpaired) electrons. The Bertz CT molecular complexity index is 438. The van der Waals surface area contributed by atoms with E-state index in [4.69, 9.17) is 4.74 Å². The Balaban J connectivity index is 2.06. The van der Waals surface area contributed by atoms with E-state index in [1.807, 2.05) is 0 Å². The molecule has 0 amide bonds. The molecule has 3 atom stereocenters. The molecule has 112 valence electrons. The van der Waals surface area contributed by atoms with Crippen molar-refractivity contribution in [2.24, 2.45) is 0 Å². The summed E-state index contributed by atoms with van der Waals surface area (Å²) >= 11 is 1.69. The molecule has 1 aliphatic rings. The maximum atomic E-state index is 10.1. The van der Waals surface area contributed by atoms with Gasteiger partial charge in [-0.15, -0.1) is 11.8 Å². The SMILES string of the molecule is COc1cc(C(C)NC2CCCCC2O)ccc1SC. The van der Waals surface area contributed by atoms with Crippen LogP contribution in [0.4, 0.5) is 0 Å². The third-order valence-electron chi connectivity index (χ3n) is 4.10. The van der Waals surface area contributed by atoms with Gasteiger partial charge in [-0.05, 0) is 43.7 Å². The zero-order valence-electron chi connectivity index (χ0n) is 12.6. The molecular formula is C16H25NO2S. The molecule has 0 spiro atoms. The molecule has 1 saturated carbocycles. The second kappa shape index (κ2) is 7.34. The first-order chi connectivity index (χ1) is 9.65. The van der Waals surface area contributed by atoms with Crippen LogP contribution in [0.15, 0.2) is 23.1 Å². The largest absolute Gasteiger partial charge is 0.496 e. The first-order valence-electron chi connectivity index (χ1n) is 7.31. The number of ether oxygens (including phenoxy) is 1. The van der Waals surface area contributed by atoms with Crippen LogP contribution >= 0.6 is 11.8 Å². The Hall–Kier alpha value is -0.710. The fourth-order valence-corrected chi connectivity index (χ4v) is 3.39. The summed E-state index contributed by atoms with van der Waals surface area (Å²) in [7, 11) is 1.71. The summed E-state index contributed by atoms with van der Waals surface area (Å²) in [6, 6.07) is 6.77. The van der Waals surface area contributed by atoms with Gasteiger partial charge in [0, 0.05) is 17.0 Å². The molecule has 1 aromatic rings. The average Bonchev–Trinajstić information content (AvgIpc) is 2.48. The van der Waals surface area contributed by atoms with Crippen LogP contribution in [0, 0.1) is 0 Å². The normalized spacial score (nSPS) is 24.4. The zero-order valence-corrected chi connectivity index (χ0v) is 13.4. The van der Waals surface area contributed by atoms with E-state index in [1.54, 1.807) is 18.9 Å². The third-order valence-corrected chi connectivity index (χ3v) is 4.88. The van der Waals surface area contributed by atoms with Gasteiger partial charge in [-0.25, -0.2) is 0 Å². The second-order valence-corrected chi connectivity index (χ2v) is 6.31. The Morgan fingerprint density at radius 2 is 2.10 bits per heavy atom. The minimum atomic E-state index is -0.210. The van der Waals surface area contributed by atoms with Crippen molar-refractivity contribution in [3.05, 3.63) is 23.8 Å². The lowest BCUT2D eigenvalue weighted by Gasteiger charge is -2.31. The monoisotopic (exact) mass is 295 g/mol. The molecule has 0 bridgehead atoms. The number of aliphatic hydroxyl groups excluding tert-OH is 1. The molecule has 0 aromatic heterocycles. The van der Waals surface area contributed by atoms with Crippen LogP contribution in [0.25, 0.3) is 0 Å². The summed E-state index contributed by atoms with van der Waals surface area (Å²) in [5.41, 5.74) is 1.21. The highest BCUT2D eigenvalue weighted by Crippen LogP contribution is 2.31. The summed E-state index contributed by atoms with van der Waals surface area (Å²) in [5.74, 6) is 0.924. The molecule has 3 unspecified atom stereocenters. The van der Waals surface area contributed by atoms with E-state index < -0.39 is 0 Å². The van der Waals surface area contributed by atoms with Gasteiger partial charge in [0.05, 0.1) is 13.2 Å². The number of rotatable bonds is 5. The minimum Gasteiger partial charge on any atom is -0.496 e. The molecule has 2 N–H and O–H groups in total. The van der Waals surface area contributed by atoms with Gasteiger partial charge in [-0.3, -0.25) is 0 Å². The molecule has 20 heavy (non-hydrogen) atoms. The Morgan fingerprint density at radius 3 is 2.75 bits per heavy atom. The number of benzene rings is 1.